The summed E-state index contributed by atoms with van der Waals surface area (Å²) in [5, 5.41) is 5.41. The van der Waals surface area contributed by atoms with Gasteiger partial charge in [0.25, 0.3) is 11.8 Å². The van der Waals surface area contributed by atoms with Gasteiger partial charge in [0.1, 0.15) is 12.1 Å². The summed E-state index contributed by atoms with van der Waals surface area (Å²) in [6.45, 7) is 1.79. The van der Waals surface area contributed by atoms with Crippen molar-refractivity contribution in [3.63, 3.8) is 0 Å². The predicted octanol–water partition coefficient (Wildman–Crippen LogP) is 2.27. The maximum absolute atomic E-state index is 12.5. The first-order valence-electron chi connectivity index (χ1n) is 7.73. The summed E-state index contributed by atoms with van der Waals surface area (Å²) in [6.07, 6.45) is 5.81. The fraction of sp³-hybridized carbons (Fsp3) is 0.0556. The third kappa shape index (κ3) is 3.99. The molecule has 4 N–H and O–H groups in total. The van der Waals surface area contributed by atoms with Crippen molar-refractivity contribution in [3.05, 3.63) is 71.9 Å². The molecule has 0 aliphatic carbocycles. The van der Waals surface area contributed by atoms with Crippen molar-refractivity contribution in [3.8, 4) is 0 Å². The Morgan fingerprint density at radius 2 is 1.65 bits per heavy atom. The van der Waals surface area contributed by atoms with Crippen LogP contribution in [0.25, 0.3) is 0 Å². The van der Waals surface area contributed by atoms with Crippen molar-refractivity contribution in [1.82, 2.24) is 15.0 Å². The fourth-order valence-electron chi connectivity index (χ4n) is 2.25. The number of carbonyl (C=O) groups excluding carboxylic acids is 2. The first kappa shape index (κ1) is 17.0. The second kappa shape index (κ2) is 7.39. The lowest BCUT2D eigenvalue weighted by atomic mass is 10.0. The monoisotopic (exact) mass is 348 g/mol. The van der Waals surface area contributed by atoms with Gasteiger partial charge in [0.15, 0.2) is 0 Å². The minimum Gasteiger partial charge on any atom is -0.384 e. The number of carbonyl (C=O) groups is 2. The average molecular weight is 348 g/mol. The van der Waals surface area contributed by atoms with Crippen LogP contribution in [0.5, 0.6) is 0 Å². The third-order valence-electron chi connectivity index (χ3n) is 3.61. The van der Waals surface area contributed by atoms with Gasteiger partial charge < -0.3 is 16.4 Å². The number of nitrogens with one attached hydrogen (secondary N) is 2. The maximum atomic E-state index is 12.5. The Labute approximate surface area is 149 Å². The lowest BCUT2D eigenvalue weighted by Crippen LogP contribution is -2.17. The van der Waals surface area contributed by atoms with Crippen LogP contribution < -0.4 is 16.4 Å². The van der Waals surface area contributed by atoms with Gasteiger partial charge in [0.05, 0.1) is 30.0 Å². The molecule has 0 bridgehead atoms. The molecule has 0 aliphatic rings. The summed E-state index contributed by atoms with van der Waals surface area (Å²) in [6, 6.07) is 8.15. The quantitative estimate of drug-likeness (QED) is 0.664. The summed E-state index contributed by atoms with van der Waals surface area (Å²) in [4.78, 5) is 36.5. The van der Waals surface area contributed by atoms with Crippen LogP contribution in [0.2, 0.25) is 0 Å². The molecule has 2 amide bonds. The minimum atomic E-state index is -0.358. The van der Waals surface area contributed by atoms with E-state index in [1.165, 1.54) is 31.0 Å². The number of aryl methyl sites for hydroxylation is 1. The summed E-state index contributed by atoms with van der Waals surface area (Å²) >= 11 is 0. The third-order valence-corrected chi connectivity index (χ3v) is 3.61. The van der Waals surface area contributed by atoms with E-state index in [-0.39, 0.29) is 11.8 Å². The van der Waals surface area contributed by atoms with Crippen LogP contribution in [0.4, 0.5) is 17.2 Å². The molecule has 8 heteroatoms. The molecule has 2 heterocycles. The van der Waals surface area contributed by atoms with Gasteiger partial charge in [-0.25, -0.2) is 15.0 Å². The second-order valence-corrected chi connectivity index (χ2v) is 5.54. The molecule has 0 unspecified atom stereocenters. The van der Waals surface area contributed by atoms with Crippen molar-refractivity contribution in [2.45, 2.75) is 6.92 Å². The first-order valence-corrected chi connectivity index (χ1v) is 7.73. The molecule has 3 aromatic rings. The number of anilines is 3. The number of amides is 2. The van der Waals surface area contributed by atoms with E-state index in [0.717, 1.165) is 5.56 Å². The Hall–Kier alpha value is -3.81. The van der Waals surface area contributed by atoms with Crippen LogP contribution in [-0.2, 0) is 0 Å². The summed E-state index contributed by atoms with van der Waals surface area (Å²) < 4.78 is 0. The molecule has 0 atom stereocenters. The number of nitrogens with zero attached hydrogens (tertiary/aromatic N) is 3. The van der Waals surface area contributed by atoms with Gasteiger partial charge in [-0.3, -0.25) is 9.59 Å². The van der Waals surface area contributed by atoms with Crippen molar-refractivity contribution in [1.29, 1.82) is 0 Å². The van der Waals surface area contributed by atoms with Gasteiger partial charge in [-0.1, -0.05) is 6.07 Å². The molecule has 3 rings (SSSR count). The van der Waals surface area contributed by atoms with Crippen LogP contribution in [0.3, 0.4) is 0 Å². The zero-order chi connectivity index (χ0) is 18.5. The highest BCUT2D eigenvalue weighted by molar-refractivity contribution is 6.09. The number of nitrogens with two attached hydrogens (primary N) is 1. The lowest BCUT2D eigenvalue weighted by molar-refractivity contribution is 0.102. The molecule has 0 radical (unpaired) electrons. The largest absolute Gasteiger partial charge is 0.384 e. The number of hydrogen-bond donors (Lipinski definition) is 3. The number of pyridine rings is 1. The smallest absolute Gasteiger partial charge is 0.255 e. The topological polar surface area (TPSA) is 123 Å². The van der Waals surface area contributed by atoms with Crippen molar-refractivity contribution < 1.29 is 9.59 Å². The van der Waals surface area contributed by atoms with E-state index in [1.807, 2.05) is 0 Å². The Balaban J connectivity index is 1.79. The second-order valence-electron chi connectivity index (χ2n) is 5.54. The highest BCUT2D eigenvalue weighted by Gasteiger charge is 2.14. The van der Waals surface area contributed by atoms with Crippen LogP contribution >= 0.6 is 0 Å². The van der Waals surface area contributed by atoms with Crippen LogP contribution in [-0.4, -0.2) is 26.8 Å². The number of nitrogen functional groups attached to an aromatic ring is 1. The Morgan fingerprint density at radius 3 is 2.35 bits per heavy atom. The average Bonchev–Trinajstić information content (AvgIpc) is 2.64. The minimum absolute atomic E-state index is 0.341. The Bertz CT molecular complexity index is 942. The van der Waals surface area contributed by atoms with E-state index >= 15 is 0 Å². The van der Waals surface area contributed by atoms with Gasteiger partial charge in [0.2, 0.25) is 0 Å². The number of benzene rings is 1. The zero-order valence-electron chi connectivity index (χ0n) is 13.9. The Kier molecular flexibility index (Phi) is 4.84. The zero-order valence-corrected chi connectivity index (χ0v) is 13.9. The van der Waals surface area contributed by atoms with E-state index < -0.39 is 0 Å². The fourth-order valence-corrected chi connectivity index (χ4v) is 2.25. The SMILES string of the molecule is Cc1ccc(C(=O)Nc2cncnc2)cc1C(=O)Nc1ccc(N)nc1. The molecule has 0 spiro atoms. The lowest BCUT2D eigenvalue weighted by Gasteiger charge is -2.10. The summed E-state index contributed by atoms with van der Waals surface area (Å²) in [5.41, 5.74) is 7.99. The van der Waals surface area contributed by atoms with Crippen molar-refractivity contribution >= 4 is 29.0 Å². The van der Waals surface area contributed by atoms with Crippen molar-refractivity contribution in [2.24, 2.45) is 0 Å². The van der Waals surface area contributed by atoms with Gasteiger partial charge >= 0.3 is 0 Å². The molecule has 26 heavy (non-hydrogen) atoms. The highest BCUT2D eigenvalue weighted by Crippen LogP contribution is 2.16. The first-order chi connectivity index (χ1) is 12.5. The number of aromatic nitrogens is 3. The Morgan fingerprint density at radius 1 is 0.923 bits per heavy atom. The molecular formula is C18H16N6O2. The normalized spacial score (nSPS) is 10.2. The molecule has 0 aliphatic heterocycles. The molecule has 0 saturated carbocycles. The van der Waals surface area contributed by atoms with E-state index in [4.69, 9.17) is 5.73 Å². The maximum Gasteiger partial charge on any atom is 0.255 e. The van der Waals surface area contributed by atoms with E-state index in [1.54, 1.807) is 31.2 Å². The van der Waals surface area contributed by atoms with Crippen molar-refractivity contribution in [2.75, 3.05) is 16.4 Å². The predicted molar refractivity (Wildman–Crippen MR) is 97.8 cm³/mol. The molecule has 8 nitrogen and oxygen atoms in total. The van der Waals surface area contributed by atoms with Gasteiger partial charge in [-0.15, -0.1) is 0 Å². The van der Waals surface area contributed by atoms with Gasteiger partial charge in [-0.2, -0.15) is 0 Å². The van der Waals surface area contributed by atoms with Crippen LogP contribution in [0.1, 0.15) is 26.3 Å². The van der Waals surface area contributed by atoms with E-state index in [0.29, 0.717) is 28.3 Å². The highest BCUT2D eigenvalue weighted by atomic mass is 16.2. The molecule has 1 aromatic carbocycles. The van der Waals surface area contributed by atoms with Crippen LogP contribution in [0, 0.1) is 6.92 Å². The molecule has 2 aromatic heterocycles. The standard InChI is InChI=1S/C18H16N6O2/c1-11-2-3-12(17(25)24-14-7-20-10-21-8-14)6-15(11)18(26)23-13-4-5-16(19)22-9-13/h2-10H,1H3,(H2,19,22)(H,23,26)(H,24,25). The van der Waals surface area contributed by atoms with Gasteiger partial charge in [-0.05, 0) is 36.8 Å². The number of hydrogen-bond acceptors (Lipinski definition) is 6. The summed E-state index contributed by atoms with van der Waals surface area (Å²) in [7, 11) is 0. The molecule has 130 valence electrons. The summed E-state index contributed by atoms with van der Waals surface area (Å²) in [5.74, 6) is -0.336. The van der Waals surface area contributed by atoms with E-state index in [2.05, 4.69) is 25.6 Å². The molecular weight excluding hydrogens is 332 g/mol. The van der Waals surface area contributed by atoms with Crippen LogP contribution in [0.15, 0.2) is 55.2 Å². The molecule has 0 fully saturated rings. The molecule has 0 saturated heterocycles. The van der Waals surface area contributed by atoms with Gasteiger partial charge in [0, 0.05) is 11.1 Å². The number of rotatable bonds is 4. The van der Waals surface area contributed by atoms with E-state index in [9.17, 15) is 9.59 Å².